The van der Waals surface area contributed by atoms with E-state index in [-0.39, 0.29) is 5.60 Å². The summed E-state index contributed by atoms with van der Waals surface area (Å²) in [6, 6.07) is 0.509. The van der Waals surface area contributed by atoms with E-state index < -0.39 is 0 Å². The van der Waals surface area contributed by atoms with Crippen molar-refractivity contribution in [1.82, 2.24) is 5.32 Å². The van der Waals surface area contributed by atoms with Crippen LogP contribution in [0, 0.1) is 11.3 Å². The Morgan fingerprint density at radius 2 is 2.00 bits per heavy atom. The normalized spacial score (nSPS) is 29.4. The lowest BCUT2D eigenvalue weighted by atomic mass is 9.72. The number of ether oxygens (including phenoxy) is 1. The largest absolute Gasteiger partial charge is 0.374 e. The molecule has 1 fully saturated rings. The van der Waals surface area contributed by atoms with Crippen molar-refractivity contribution in [2.24, 2.45) is 11.3 Å². The monoisotopic (exact) mass is 283 g/mol. The van der Waals surface area contributed by atoms with Gasteiger partial charge in [0.15, 0.2) is 0 Å². The fourth-order valence-electron chi connectivity index (χ4n) is 3.75. The van der Waals surface area contributed by atoms with E-state index in [0.29, 0.717) is 11.5 Å². The van der Waals surface area contributed by atoms with Crippen LogP contribution in [0.3, 0.4) is 0 Å². The van der Waals surface area contributed by atoms with Crippen molar-refractivity contribution in [3.8, 4) is 0 Å². The fourth-order valence-corrected chi connectivity index (χ4v) is 3.75. The third kappa shape index (κ3) is 5.37. The van der Waals surface area contributed by atoms with Crippen LogP contribution in [0.2, 0.25) is 0 Å². The van der Waals surface area contributed by atoms with Gasteiger partial charge in [0.25, 0.3) is 0 Å². The summed E-state index contributed by atoms with van der Waals surface area (Å²) in [5.74, 6) is 0.797. The second-order valence-corrected chi connectivity index (χ2v) is 7.91. The molecule has 0 aromatic rings. The van der Waals surface area contributed by atoms with Gasteiger partial charge >= 0.3 is 0 Å². The number of rotatable bonds is 7. The Hall–Kier alpha value is -0.0800. The van der Waals surface area contributed by atoms with Gasteiger partial charge in [-0.1, -0.05) is 47.5 Å². The lowest BCUT2D eigenvalue weighted by Gasteiger charge is -2.46. The molecule has 0 aromatic carbocycles. The third-order valence-electron chi connectivity index (χ3n) is 4.69. The average molecular weight is 284 g/mol. The Morgan fingerprint density at radius 1 is 1.30 bits per heavy atom. The van der Waals surface area contributed by atoms with E-state index in [9.17, 15) is 0 Å². The minimum atomic E-state index is 0.0771. The van der Waals surface area contributed by atoms with Gasteiger partial charge in [-0.15, -0.1) is 0 Å². The summed E-state index contributed by atoms with van der Waals surface area (Å²) in [6.45, 7) is 15.7. The van der Waals surface area contributed by atoms with E-state index in [0.717, 1.165) is 19.1 Å². The molecule has 1 aliphatic rings. The molecule has 0 radical (unpaired) electrons. The molecule has 0 saturated heterocycles. The zero-order valence-electron chi connectivity index (χ0n) is 14.7. The number of likely N-dealkylation sites (N-methyl/N-ethyl adjacent to an activating group) is 1. The van der Waals surface area contributed by atoms with Gasteiger partial charge in [0.2, 0.25) is 0 Å². The molecule has 1 saturated carbocycles. The van der Waals surface area contributed by atoms with E-state index in [1.54, 1.807) is 0 Å². The Bertz CT molecular complexity index is 267. The molecule has 3 atom stereocenters. The van der Waals surface area contributed by atoms with Crippen molar-refractivity contribution in [3.05, 3.63) is 0 Å². The molecular formula is C18H37NO. The van der Waals surface area contributed by atoms with Gasteiger partial charge in [-0.05, 0) is 50.5 Å². The summed E-state index contributed by atoms with van der Waals surface area (Å²) >= 11 is 0. The maximum Gasteiger partial charge on any atom is 0.0837 e. The Balaban J connectivity index is 2.81. The van der Waals surface area contributed by atoms with E-state index in [4.69, 9.17) is 4.74 Å². The molecule has 0 amide bonds. The van der Waals surface area contributed by atoms with Gasteiger partial charge in [0.05, 0.1) is 5.60 Å². The second kappa shape index (κ2) is 7.79. The summed E-state index contributed by atoms with van der Waals surface area (Å²) in [5, 5.41) is 3.75. The topological polar surface area (TPSA) is 21.3 Å². The molecule has 1 rings (SSSR count). The van der Waals surface area contributed by atoms with Gasteiger partial charge in [-0.25, -0.2) is 0 Å². The Kier molecular flexibility index (Phi) is 7.00. The summed E-state index contributed by atoms with van der Waals surface area (Å²) in [7, 11) is 0. The molecule has 3 unspecified atom stereocenters. The van der Waals surface area contributed by atoms with E-state index >= 15 is 0 Å². The smallest absolute Gasteiger partial charge is 0.0837 e. The maximum absolute atomic E-state index is 6.36. The first-order valence-electron chi connectivity index (χ1n) is 8.70. The van der Waals surface area contributed by atoms with Crippen LogP contribution in [0.15, 0.2) is 0 Å². The summed E-state index contributed by atoms with van der Waals surface area (Å²) in [4.78, 5) is 0. The minimum Gasteiger partial charge on any atom is -0.374 e. The fraction of sp³-hybridized carbons (Fsp3) is 1.00. The predicted molar refractivity (Wildman–Crippen MR) is 88.1 cm³/mol. The molecule has 2 nitrogen and oxygen atoms in total. The highest BCUT2D eigenvalue weighted by Gasteiger charge is 2.42. The molecule has 0 aromatic heterocycles. The first-order chi connectivity index (χ1) is 9.33. The van der Waals surface area contributed by atoms with Gasteiger partial charge in [0.1, 0.15) is 0 Å². The summed E-state index contributed by atoms with van der Waals surface area (Å²) in [6.07, 6.45) is 7.62. The molecule has 0 heterocycles. The third-order valence-corrected chi connectivity index (χ3v) is 4.69. The Morgan fingerprint density at radius 3 is 2.50 bits per heavy atom. The van der Waals surface area contributed by atoms with Crippen molar-refractivity contribution in [2.75, 3.05) is 13.2 Å². The standard InChI is InChI=1S/C18H37NO/c1-7-19-16(11-13-17(4,5)6)18(20-8-2)12-9-10-15(3)14-18/h15-16,19H,7-14H2,1-6H3. The SMILES string of the molecule is CCNC(CCC(C)(C)C)C1(OCC)CCCC(C)C1. The van der Waals surface area contributed by atoms with Crippen LogP contribution in [0.4, 0.5) is 0 Å². The van der Waals surface area contributed by atoms with Crippen LogP contribution in [0.1, 0.15) is 80.1 Å². The van der Waals surface area contributed by atoms with Crippen molar-refractivity contribution in [2.45, 2.75) is 91.7 Å². The zero-order valence-corrected chi connectivity index (χ0v) is 14.7. The van der Waals surface area contributed by atoms with Crippen LogP contribution in [-0.4, -0.2) is 24.8 Å². The first-order valence-corrected chi connectivity index (χ1v) is 8.70. The predicted octanol–water partition coefficient (Wildman–Crippen LogP) is 4.78. The minimum absolute atomic E-state index is 0.0771. The molecule has 20 heavy (non-hydrogen) atoms. The van der Waals surface area contributed by atoms with Gasteiger partial charge in [-0.2, -0.15) is 0 Å². The number of nitrogens with one attached hydrogen (secondary N) is 1. The highest BCUT2D eigenvalue weighted by Crippen LogP contribution is 2.40. The van der Waals surface area contributed by atoms with Crippen LogP contribution < -0.4 is 5.32 Å². The van der Waals surface area contributed by atoms with Crippen LogP contribution >= 0.6 is 0 Å². The second-order valence-electron chi connectivity index (χ2n) is 7.91. The summed E-state index contributed by atoms with van der Waals surface area (Å²) < 4.78 is 6.36. The van der Waals surface area contributed by atoms with Crippen molar-refractivity contribution in [1.29, 1.82) is 0 Å². The maximum atomic E-state index is 6.36. The lowest BCUT2D eigenvalue weighted by molar-refractivity contribution is -0.103. The van der Waals surface area contributed by atoms with Crippen molar-refractivity contribution in [3.63, 3.8) is 0 Å². The van der Waals surface area contributed by atoms with Gasteiger partial charge in [0, 0.05) is 12.6 Å². The van der Waals surface area contributed by atoms with E-state index in [1.165, 1.54) is 38.5 Å². The van der Waals surface area contributed by atoms with Gasteiger partial charge in [-0.3, -0.25) is 0 Å². The zero-order chi connectivity index (χ0) is 15.2. The first kappa shape index (κ1) is 18.0. The number of hydrogen-bond donors (Lipinski definition) is 1. The highest BCUT2D eigenvalue weighted by atomic mass is 16.5. The molecule has 0 bridgehead atoms. The summed E-state index contributed by atoms with van der Waals surface area (Å²) in [5.41, 5.74) is 0.481. The molecule has 2 heteroatoms. The highest BCUT2D eigenvalue weighted by molar-refractivity contribution is 4.97. The molecule has 1 N–H and O–H groups in total. The van der Waals surface area contributed by atoms with Crippen LogP contribution in [0.25, 0.3) is 0 Å². The van der Waals surface area contributed by atoms with Crippen LogP contribution in [-0.2, 0) is 4.74 Å². The molecule has 120 valence electrons. The quantitative estimate of drug-likeness (QED) is 0.726. The van der Waals surface area contributed by atoms with Crippen molar-refractivity contribution < 1.29 is 4.74 Å². The molecular weight excluding hydrogens is 246 g/mol. The van der Waals surface area contributed by atoms with Crippen LogP contribution in [0.5, 0.6) is 0 Å². The van der Waals surface area contributed by atoms with Gasteiger partial charge < -0.3 is 10.1 Å². The molecule has 1 aliphatic carbocycles. The van der Waals surface area contributed by atoms with E-state index in [1.807, 2.05) is 0 Å². The number of hydrogen-bond acceptors (Lipinski definition) is 2. The molecule has 0 spiro atoms. The lowest BCUT2D eigenvalue weighted by Crippen LogP contribution is -2.55. The Labute approximate surface area is 127 Å². The van der Waals surface area contributed by atoms with Crippen molar-refractivity contribution >= 4 is 0 Å². The van der Waals surface area contributed by atoms with E-state index in [2.05, 4.69) is 46.9 Å². The molecule has 0 aliphatic heterocycles. The average Bonchev–Trinajstić information content (AvgIpc) is 2.33.